The third-order valence-corrected chi connectivity index (χ3v) is 4.93. The van der Waals surface area contributed by atoms with Crippen molar-refractivity contribution in [2.75, 3.05) is 32.1 Å². The van der Waals surface area contributed by atoms with Crippen molar-refractivity contribution in [3.8, 4) is 5.75 Å². The third-order valence-electron chi connectivity index (χ3n) is 4.66. The molecule has 0 aliphatic carbocycles. The summed E-state index contributed by atoms with van der Waals surface area (Å²) in [5, 5.41) is 0. The average molecular weight is 381 g/mol. The van der Waals surface area contributed by atoms with Gasteiger partial charge in [-0.25, -0.2) is 0 Å². The molecule has 1 aromatic rings. The van der Waals surface area contributed by atoms with E-state index < -0.39 is 6.10 Å². The van der Waals surface area contributed by atoms with Gasteiger partial charge in [-0.2, -0.15) is 0 Å². The molecule has 1 fully saturated rings. The lowest BCUT2D eigenvalue weighted by Crippen LogP contribution is -2.53. The molecule has 5 nitrogen and oxygen atoms in total. The minimum Gasteiger partial charge on any atom is -0.481 e. The zero-order chi connectivity index (χ0) is 19.1. The second kappa shape index (κ2) is 9.81. The first-order valence-electron chi connectivity index (χ1n) is 9.32. The molecule has 1 atom stereocenters. The Labute approximate surface area is 161 Å². The highest BCUT2D eigenvalue weighted by Crippen LogP contribution is 2.27. The number of halogens is 1. The molecule has 0 radical (unpaired) electrons. The van der Waals surface area contributed by atoms with Gasteiger partial charge in [-0.15, -0.1) is 11.6 Å². The van der Waals surface area contributed by atoms with E-state index in [0.29, 0.717) is 50.8 Å². The number of amides is 2. The summed E-state index contributed by atoms with van der Waals surface area (Å²) in [6, 6.07) is 7.84. The van der Waals surface area contributed by atoms with E-state index in [1.165, 1.54) is 0 Å². The van der Waals surface area contributed by atoms with Crippen molar-refractivity contribution in [1.29, 1.82) is 0 Å². The van der Waals surface area contributed by atoms with E-state index in [2.05, 4.69) is 13.8 Å². The fourth-order valence-corrected chi connectivity index (χ4v) is 3.25. The van der Waals surface area contributed by atoms with Crippen LogP contribution in [0.2, 0.25) is 0 Å². The standard InChI is InChI=1S/C20H29ClN2O3/c1-15(2)17-7-4-5-8-18(17)26-16(3)20(25)23-13-11-22(12-14-23)19(24)9-6-10-21/h4-5,7-8,15-16H,6,9-14H2,1-3H3. The van der Waals surface area contributed by atoms with Crippen LogP contribution < -0.4 is 4.74 Å². The molecule has 1 aliphatic heterocycles. The van der Waals surface area contributed by atoms with Gasteiger partial charge in [0.05, 0.1) is 0 Å². The predicted octanol–water partition coefficient (Wildman–Crippen LogP) is 3.27. The molecule has 144 valence electrons. The molecule has 1 aromatic carbocycles. The van der Waals surface area contributed by atoms with Crippen molar-refractivity contribution >= 4 is 23.4 Å². The molecule has 1 unspecified atom stereocenters. The lowest BCUT2D eigenvalue weighted by molar-refractivity contribution is -0.143. The number of benzene rings is 1. The molecule has 0 saturated carbocycles. The van der Waals surface area contributed by atoms with Crippen LogP contribution in [-0.4, -0.2) is 59.8 Å². The maximum atomic E-state index is 12.7. The van der Waals surface area contributed by atoms with Crippen LogP contribution >= 0.6 is 11.6 Å². The van der Waals surface area contributed by atoms with Crippen LogP contribution in [0.5, 0.6) is 5.75 Å². The first kappa shape index (κ1) is 20.6. The highest BCUT2D eigenvalue weighted by atomic mass is 35.5. The second-order valence-corrected chi connectivity index (χ2v) is 7.33. The van der Waals surface area contributed by atoms with E-state index in [4.69, 9.17) is 16.3 Å². The molecule has 1 heterocycles. The zero-order valence-electron chi connectivity index (χ0n) is 15.9. The van der Waals surface area contributed by atoms with Crippen molar-refractivity contribution in [3.63, 3.8) is 0 Å². The van der Waals surface area contributed by atoms with Crippen LogP contribution in [-0.2, 0) is 9.59 Å². The second-order valence-electron chi connectivity index (χ2n) is 6.95. The SMILES string of the molecule is CC(Oc1ccccc1C(C)C)C(=O)N1CCN(C(=O)CCCCl)CC1. The normalized spacial score (nSPS) is 15.9. The number of hydrogen-bond acceptors (Lipinski definition) is 3. The number of para-hydroxylation sites is 1. The van der Waals surface area contributed by atoms with E-state index in [1.54, 1.807) is 11.8 Å². The molecule has 6 heteroatoms. The fraction of sp³-hybridized carbons (Fsp3) is 0.600. The van der Waals surface area contributed by atoms with Gasteiger partial charge in [-0.05, 0) is 30.9 Å². The van der Waals surface area contributed by atoms with Crippen LogP contribution in [0.25, 0.3) is 0 Å². The largest absolute Gasteiger partial charge is 0.481 e. The molecule has 2 amide bonds. The first-order chi connectivity index (χ1) is 12.4. The van der Waals surface area contributed by atoms with Gasteiger partial charge < -0.3 is 14.5 Å². The summed E-state index contributed by atoms with van der Waals surface area (Å²) in [5.74, 6) is 1.68. The van der Waals surface area contributed by atoms with E-state index in [-0.39, 0.29) is 11.8 Å². The minimum atomic E-state index is -0.548. The van der Waals surface area contributed by atoms with Gasteiger partial charge in [0, 0.05) is 38.5 Å². The molecule has 0 bridgehead atoms. The molecule has 1 aliphatic rings. The Balaban J connectivity index is 1.89. The molecule has 26 heavy (non-hydrogen) atoms. The number of nitrogens with zero attached hydrogens (tertiary/aromatic N) is 2. The van der Waals surface area contributed by atoms with Gasteiger partial charge in [-0.3, -0.25) is 9.59 Å². The summed E-state index contributed by atoms with van der Waals surface area (Å²) < 4.78 is 5.96. The lowest BCUT2D eigenvalue weighted by Gasteiger charge is -2.36. The zero-order valence-corrected chi connectivity index (χ0v) is 16.7. The van der Waals surface area contributed by atoms with E-state index in [9.17, 15) is 9.59 Å². The monoisotopic (exact) mass is 380 g/mol. The Bertz CT molecular complexity index is 613. The van der Waals surface area contributed by atoms with Gasteiger partial charge in [0.15, 0.2) is 6.10 Å². The van der Waals surface area contributed by atoms with E-state index in [1.807, 2.05) is 29.2 Å². The Kier molecular flexibility index (Phi) is 7.76. The lowest BCUT2D eigenvalue weighted by atomic mass is 10.0. The Hall–Kier alpha value is -1.75. The van der Waals surface area contributed by atoms with Crippen LogP contribution in [0.3, 0.4) is 0 Å². The van der Waals surface area contributed by atoms with Crippen molar-refractivity contribution in [3.05, 3.63) is 29.8 Å². The highest BCUT2D eigenvalue weighted by molar-refractivity contribution is 6.17. The van der Waals surface area contributed by atoms with Crippen LogP contribution in [0.1, 0.15) is 45.1 Å². The smallest absolute Gasteiger partial charge is 0.263 e. The van der Waals surface area contributed by atoms with Crippen LogP contribution in [0.4, 0.5) is 0 Å². The number of alkyl halides is 1. The maximum absolute atomic E-state index is 12.7. The van der Waals surface area contributed by atoms with E-state index in [0.717, 1.165) is 11.3 Å². The molecular weight excluding hydrogens is 352 g/mol. The van der Waals surface area contributed by atoms with Crippen molar-refractivity contribution < 1.29 is 14.3 Å². The van der Waals surface area contributed by atoms with Crippen molar-refractivity contribution in [1.82, 2.24) is 9.80 Å². The highest BCUT2D eigenvalue weighted by Gasteiger charge is 2.28. The Morgan fingerprint density at radius 3 is 2.31 bits per heavy atom. The number of ether oxygens (including phenoxy) is 1. The van der Waals surface area contributed by atoms with E-state index >= 15 is 0 Å². The molecule has 2 rings (SSSR count). The number of carbonyl (C=O) groups is 2. The van der Waals surface area contributed by atoms with Crippen molar-refractivity contribution in [2.24, 2.45) is 0 Å². The van der Waals surface area contributed by atoms with Gasteiger partial charge in [0.2, 0.25) is 5.91 Å². The first-order valence-corrected chi connectivity index (χ1v) is 9.85. The Morgan fingerprint density at radius 1 is 1.08 bits per heavy atom. The molecular formula is C20H29ClN2O3. The quantitative estimate of drug-likeness (QED) is 0.682. The topological polar surface area (TPSA) is 49.9 Å². The maximum Gasteiger partial charge on any atom is 0.263 e. The number of hydrogen-bond donors (Lipinski definition) is 0. The molecule has 0 aromatic heterocycles. The van der Waals surface area contributed by atoms with Crippen LogP contribution in [0.15, 0.2) is 24.3 Å². The summed E-state index contributed by atoms with van der Waals surface area (Å²) >= 11 is 5.64. The van der Waals surface area contributed by atoms with Gasteiger partial charge in [0.1, 0.15) is 5.75 Å². The average Bonchev–Trinajstić information content (AvgIpc) is 2.65. The summed E-state index contributed by atoms with van der Waals surface area (Å²) in [7, 11) is 0. The number of rotatable bonds is 7. The summed E-state index contributed by atoms with van der Waals surface area (Å²) in [6.45, 7) is 8.24. The predicted molar refractivity (Wildman–Crippen MR) is 104 cm³/mol. The van der Waals surface area contributed by atoms with Gasteiger partial charge >= 0.3 is 0 Å². The van der Waals surface area contributed by atoms with Gasteiger partial charge in [0.25, 0.3) is 5.91 Å². The summed E-state index contributed by atoms with van der Waals surface area (Å²) in [5.41, 5.74) is 1.10. The molecule has 1 saturated heterocycles. The minimum absolute atomic E-state index is 0.0311. The third kappa shape index (κ3) is 5.37. The summed E-state index contributed by atoms with van der Waals surface area (Å²) in [4.78, 5) is 28.4. The molecule has 0 N–H and O–H groups in total. The number of piperazine rings is 1. The summed E-state index contributed by atoms with van der Waals surface area (Å²) in [6.07, 6.45) is 0.621. The fourth-order valence-electron chi connectivity index (χ4n) is 3.12. The number of carbonyl (C=O) groups excluding carboxylic acids is 2. The van der Waals surface area contributed by atoms with Gasteiger partial charge in [-0.1, -0.05) is 32.0 Å². The van der Waals surface area contributed by atoms with Crippen LogP contribution in [0, 0.1) is 0 Å². The Morgan fingerprint density at radius 2 is 1.69 bits per heavy atom. The van der Waals surface area contributed by atoms with Crippen molar-refractivity contribution in [2.45, 2.75) is 45.6 Å². The molecule has 0 spiro atoms.